The molecule has 2 rings (SSSR count). The number of thioether (sulfide) groups is 1. The van der Waals surface area contributed by atoms with E-state index in [1.54, 1.807) is 17.8 Å². The van der Waals surface area contributed by atoms with E-state index in [9.17, 15) is 9.50 Å². The van der Waals surface area contributed by atoms with Crippen molar-refractivity contribution < 1.29 is 9.50 Å². The van der Waals surface area contributed by atoms with Crippen LogP contribution in [0, 0.1) is 5.82 Å². The molecule has 0 radical (unpaired) electrons. The van der Waals surface area contributed by atoms with E-state index in [1.807, 2.05) is 12.1 Å². The number of nitrogens with one attached hydrogen (secondary N) is 1. The van der Waals surface area contributed by atoms with Gasteiger partial charge in [-0.15, -0.1) is 11.8 Å². The van der Waals surface area contributed by atoms with Crippen LogP contribution in [0.15, 0.2) is 29.2 Å². The van der Waals surface area contributed by atoms with Crippen molar-refractivity contribution in [2.45, 2.75) is 41.9 Å². The second kappa shape index (κ2) is 6.04. The van der Waals surface area contributed by atoms with E-state index >= 15 is 0 Å². The summed E-state index contributed by atoms with van der Waals surface area (Å²) in [6.45, 7) is 3.07. The quantitative estimate of drug-likeness (QED) is 0.862. The lowest BCUT2D eigenvalue weighted by Gasteiger charge is -2.28. The third-order valence-electron chi connectivity index (χ3n) is 3.55. The maximum absolute atomic E-state index is 13.6. The molecule has 0 heterocycles. The van der Waals surface area contributed by atoms with Crippen LogP contribution in [0.2, 0.25) is 0 Å². The molecular weight excluding hydrogens is 249 g/mol. The largest absolute Gasteiger partial charge is 0.394 e. The first-order chi connectivity index (χ1) is 8.69. The van der Waals surface area contributed by atoms with E-state index < -0.39 is 0 Å². The Morgan fingerprint density at radius 1 is 1.50 bits per heavy atom. The van der Waals surface area contributed by atoms with Gasteiger partial charge in [-0.3, -0.25) is 0 Å². The van der Waals surface area contributed by atoms with Crippen LogP contribution in [0.5, 0.6) is 0 Å². The molecule has 2 N–H and O–H groups in total. The smallest absolute Gasteiger partial charge is 0.136 e. The van der Waals surface area contributed by atoms with Crippen LogP contribution < -0.4 is 5.32 Å². The van der Waals surface area contributed by atoms with E-state index in [1.165, 1.54) is 6.07 Å². The van der Waals surface area contributed by atoms with Crippen LogP contribution in [0.3, 0.4) is 0 Å². The molecule has 1 aromatic carbocycles. The standard InChI is InChI=1S/C14H20FNOS/c1-2-16-14(10-17)8-7-11(9-14)18-13-6-4-3-5-12(13)15/h3-6,11,16-17H,2,7-10H2,1H3. The second-order valence-corrected chi connectivity index (χ2v) is 6.22. The van der Waals surface area contributed by atoms with Crippen molar-refractivity contribution in [1.29, 1.82) is 0 Å². The molecule has 2 unspecified atom stereocenters. The molecule has 1 aromatic rings. The fourth-order valence-electron chi connectivity index (χ4n) is 2.63. The predicted octanol–water partition coefficient (Wildman–Crippen LogP) is 2.81. The molecule has 1 fully saturated rings. The Bertz CT molecular complexity index is 401. The fourth-order valence-corrected chi connectivity index (χ4v) is 3.97. The maximum Gasteiger partial charge on any atom is 0.136 e. The molecule has 1 aliphatic rings. The molecular formula is C14H20FNOS. The molecule has 100 valence electrons. The van der Waals surface area contributed by atoms with Crippen molar-refractivity contribution in [3.05, 3.63) is 30.1 Å². The van der Waals surface area contributed by atoms with Crippen LogP contribution in [-0.2, 0) is 0 Å². The van der Waals surface area contributed by atoms with E-state index in [-0.39, 0.29) is 18.0 Å². The lowest BCUT2D eigenvalue weighted by atomic mass is 9.99. The van der Waals surface area contributed by atoms with Crippen LogP contribution in [-0.4, -0.2) is 29.0 Å². The first-order valence-corrected chi connectivity index (χ1v) is 7.34. The molecule has 0 aromatic heterocycles. The van der Waals surface area contributed by atoms with Gasteiger partial charge in [0.2, 0.25) is 0 Å². The summed E-state index contributed by atoms with van der Waals surface area (Å²) in [7, 11) is 0. The molecule has 4 heteroatoms. The van der Waals surface area contributed by atoms with Crippen molar-refractivity contribution in [1.82, 2.24) is 5.32 Å². The van der Waals surface area contributed by atoms with Crippen molar-refractivity contribution >= 4 is 11.8 Å². The van der Waals surface area contributed by atoms with Crippen LogP contribution in [0.1, 0.15) is 26.2 Å². The number of hydrogen-bond acceptors (Lipinski definition) is 3. The van der Waals surface area contributed by atoms with Gasteiger partial charge in [0.15, 0.2) is 0 Å². The molecule has 18 heavy (non-hydrogen) atoms. The summed E-state index contributed by atoms with van der Waals surface area (Å²) in [5, 5.41) is 13.3. The van der Waals surface area contributed by atoms with Gasteiger partial charge in [0.25, 0.3) is 0 Å². The SMILES string of the molecule is CCNC1(CO)CCC(Sc2ccccc2F)C1. The molecule has 0 spiro atoms. The highest BCUT2D eigenvalue weighted by Gasteiger charge is 2.38. The fraction of sp³-hybridized carbons (Fsp3) is 0.571. The molecule has 0 saturated heterocycles. The maximum atomic E-state index is 13.6. The summed E-state index contributed by atoms with van der Waals surface area (Å²) in [4.78, 5) is 0.715. The average molecular weight is 269 g/mol. The third-order valence-corrected chi connectivity index (χ3v) is 4.87. The molecule has 1 saturated carbocycles. The Morgan fingerprint density at radius 3 is 2.94 bits per heavy atom. The monoisotopic (exact) mass is 269 g/mol. The highest BCUT2D eigenvalue weighted by Crippen LogP contribution is 2.40. The number of benzene rings is 1. The number of rotatable bonds is 5. The van der Waals surface area contributed by atoms with E-state index in [0.717, 1.165) is 25.8 Å². The number of halogens is 1. The van der Waals surface area contributed by atoms with Gasteiger partial charge in [-0.25, -0.2) is 4.39 Å². The summed E-state index contributed by atoms with van der Waals surface area (Å²) < 4.78 is 13.6. The van der Waals surface area contributed by atoms with E-state index in [4.69, 9.17) is 0 Å². The number of aliphatic hydroxyl groups excluding tert-OH is 1. The summed E-state index contributed by atoms with van der Waals surface area (Å²) in [6, 6.07) is 6.90. The van der Waals surface area contributed by atoms with Gasteiger partial charge in [-0.05, 0) is 37.9 Å². The van der Waals surface area contributed by atoms with Crippen molar-refractivity contribution in [2.75, 3.05) is 13.2 Å². The lowest BCUT2D eigenvalue weighted by Crippen LogP contribution is -2.46. The highest BCUT2D eigenvalue weighted by molar-refractivity contribution is 8.00. The molecule has 2 nitrogen and oxygen atoms in total. The molecule has 1 aliphatic carbocycles. The van der Waals surface area contributed by atoms with Crippen LogP contribution in [0.25, 0.3) is 0 Å². The molecule has 0 amide bonds. The minimum atomic E-state index is -0.155. The summed E-state index contributed by atoms with van der Waals surface area (Å²) in [6.07, 6.45) is 2.88. The van der Waals surface area contributed by atoms with Crippen molar-refractivity contribution in [2.24, 2.45) is 0 Å². The zero-order valence-electron chi connectivity index (χ0n) is 10.7. The minimum Gasteiger partial charge on any atom is -0.394 e. The normalized spacial score (nSPS) is 27.6. The number of likely N-dealkylation sites (N-methyl/N-ethyl adjacent to an activating group) is 1. The minimum absolute atomic E-state index is 0.146. The Hall–Kier alpha value is -0.580. The third kappa shape index (κ3) is 3.05. The number of hydrogen-bond donors (Lipinski definition) is 2. The molecule has 2 atom stereocenters. The lowest BCUT2D eigenvalue weighted by molar-refractivity contribution is 0.167. The van der Waals surface area contributed by atoms with Gasteiger partial charge in [0.05, 0.1) is 6.61 Å². The Labute approximate surface area is 112 Å². The van der Waals surface area contributed by atoms with Crippen LogP contribution in [0.4, 0.5) is 4.39 Å². The first kappa shape index (κ1) is 13.8. The molecule has 0 bridgehead atoms. The predicted molar refractivity (Wildman–Crippen MR) is 73.4 cm³/mol. The number of aliphatic hydroxyl groups is 1. The van der Waals surface area contributed by atoms with E-state index in [0.29, 0.717) is 10.1 Å². The Balaban J connectivity index is 1.99. The summed E-state index contributed by atoms with van der Waals surface area (Å²) in [5.74, 6) is -0.146. The topological polar surface area (TPSA) is 32.3 Å². The van der Waals surface area contributed by atoms with Crippen LogP contribution >= 0.6 is 11.8 Å². The highest BCUT2D eigenvalue weighted by atomic mass is 32.2. The van der Waals surface area contributed by atoms with E-state index in [2.05, 4.69) is 12.2 Å². The zero-order valence-corrected chi connectivity index (χ0v) is 11.5. The van der Waals surface area contributed by atoms with Gasteiger partial charge < -0.3 is 10.4 Å². The van der Waals surface area contributed by atoms with Gasteiger partial charge in [0, 0.05) is 15.7 Å². The Kier molecular flexibility index (Phi) is 4.65. The van der Waals surface area contributed by atoms with Crippen molar-refractivity contribution in [3.63, 3.8) is 0 Å². The van der Waals surface area contributed by atoms with Gasteiger partial charge in [-0.1, -0.05) is 19.1 Å². The second-order valence-electron chi connectivity index (χ2n) is 4.88. The Morgan fingerprint density at radius 2 is 2.28 bits per heavy atom. The molecule has 0 aliphatic heterocycles. The zero-order chi connectivity index (χ0) is 13.0. The first-order valence-electron chi connectivity index (χ1n) is 6.46. The van der Waals surface area contributed by atoms with Gasteiger partial charge >= 0.3 is 0 Å². The summed E-state index contributed by atoms with van der Waals surface area (Å²) in [5.41, 5.74) is -0.155. The van der Waals surface area contributed by atoms with Gasteiger partial charge in [0.1, 0.15) is 5.82 Å². The summed E-state index contributed by atoms with van der Waals surface area (Å²) >= 11 is 1.60. The average Bonchev–Trinajstić information content (AvgIpc) is 2.77. The van der Waals surface area contributed by atoms with Gasteiger partial charge in [-0.2, -0.15) is 0 Å². The van der Waals surface area contributed by atoms with Crippen molar-refractivity contribution in [3.8, 4) is 0 Å².